The van der Waals surface area contributed by atoms with E-state index in [1.165, 1.54) is 30.6 Å². The van der Waals surface area contributed by atoms with E-state index in [2.05, 4.69) is 5.32 Å². The summed E-state index contributed by atoms with van der Waals surface area (Å²) in [5.41, 5.74) is 0. The summed E-state index contributed by atoms with van der Waals surface area (Å²) in [6.07, 6.45) is 5.08. The van der Waals surface area contributed by atoms with Gasteiger partial charge in [-0.05, 0) is 44.4 Å². The van der Waals surface area contributed by atoms with Crippen molar-refractivity contribution in [2.24, 2.45) is 0 Å². The van der Waals surface area contributed by atoms with Crippen LogP contribution in [0.5, 0.6) is 0 Å². The van der Waals surface area contributed by atoms with Gasteiger partial charge in [-0.3, -0.25) is 0 Å². The predicted molar refractivity (Wildman–Crippen MR) is 71.2 cm³/mol. The summed E-state index contributed by atoms with van der Waals surface area (Å²) in [5, 5.41) is 12.2. The van der Waals surface area contributed by atoms with Crippen molar-refractivity contribution >= 4 is 17.3 Å². The fourth-order valence-electron chi connectivity index (χ4n) is 2.10. The zero-order valence-electron chi connectivity index (χ0n) is 10.4. The van der Waals surface area contributed by atoms with E-state index in [1.807, 2.05) is 6.07 Å². The normalized spacial score (nSPS) is 19.9. The number of hydrogen-bond donors (Lipinski definition) is 2. The van der Waals surface area contributed by atoms with E-state index >= 15 is 0 Å². The third kappa shape index (κ3) is 4.08. The summed E-state index contributed by atoms with van der Waals surface area (Å²) < 4.78 is 5.65. The molecule has 1 atom stereocenters. The van der Waals surface area contributed by atoms with Crippen LogP contribution in [0.15, 0.2) is 12.1 Å². The van der Waals surface area contributed by atoms with Gasteiger partial charge in [-0.15, -0.1) is 11.3 Å². The molecule has 0 amide bonds. The Morgan fingerprint density at radius 3 is 3.06 bits per heavy atom. The second-order valence-corrected chi connectivity index (χ2v) is 5.69. The van der Waals surface area contributed by atoms with E-state index < -0.39 is 5.97 Å². The SMILES string of the molecule is O=C(O)c1ccc(CNCCC2CCCCO2)s1. The van der Waals surface area contributed by atoms with Crippen LogP contribution in [0.4, 0.5) is 0 Å². The molecular weight excluding hydrogens is 250 g/mol. The first-order valence-electron chi connectivity index (χ1n) is 6.40. The number of nitrogens with one attached hydrogen (secondary N) is 1. The Balaban J connectivity index is 1.63. The van der Waals surface area contributed by atoms with Crippen LogP contribution in [0.25, 0.3) is 0 Å². The predicted octanol–water partition coefficient (Wildman–Crippen LogP) is 2.50. The molecule has 0 aromatic carbocycles. The Labute approximate surface area is 111 Å². The largest absolute Gasteiger partial charge is 0.477 e. The van der Waals surface area contributed by atoms with Crippen molar-refractivity contribution in [2.45, 2.75) is 38.3 Å². The lowest BCUT2D eigenvalue weighted by atomic mass is 10.1. The van der Waals surface area contributed by atoms with Gasteiger partial charge in [0.2, 0.25) is 0 Å². The number of aromatic carboxylic acids is 1. The highest BCUT2D eigenvalue weighted by molar-refractivity contribution is 7.13. The lowest BCUT2D eigenvalue weighted by Gasteiger charge is -2.22. The van der Waals surface area contributed by atoms with Gasteiger partial charge in [-0.1, -0.05) is 0 Å². The first kappa shape index (κ1) is 13.5. The van der Waals surface area contributed by atoms with Crippen LogP contribution in [0.1, 0.15) is 40.2 Å². The minimum Gasteiger partial charge on any atom is -0.477 e. The van der Waals surface area contributed by atoms with E-state index in [9.17, 15) is 4.79 Å². The van der Waals surface area contributed by atoms with Gasteiger partial charge in [0, 0.05) is 18.0 Å². The quantitative estimate of drug-likeness (QED) is 0.779. The van der Waals surface area contributed by atoms with Crippen LogP contribution in [-0.4, -0.2) is 30.3 Å². The van der Waals surface area contributed by atoms with Crippen molar-refractivity contribution in [3.05, 3.63) is 21.9 Å². The van der Waals surface area contributed by atoms with Crippen LogP contribution in [0, 0.1) is 0 Å². The van der Waals surface area contributed by atoms with Crippen molar-refractivity contribution in [1.29, 1.82) is 0 Å². The van der Waals surface area contributed by atoms with E-state index in [0.29, 0.717) is 11.0 Å². The molecule has 1 fully saturated rings. The van der Waals surface area contributed by atoms with Gasteiger partial charge in [0.15, 0.2) is 0 Å². The standard InChI is InChI=1S/C13H19NO3S/c15-13(16)12-5-4-11(18-12)9-14-7-6-10-3-1-2-8-17-10/h4-5,10,14H,1-3,6-9H2,(H,15,16). The summed E-state index contributed by atoms with van der Waals surface area (Å²) in [6.45, 7) is 2.56. The minimum absolute atomic E-state index is 0.405. The molecule has 1 aliphatic heterocycles. The van der Waals surface area contributed by atoms with Crippen LogP contribution < -0.4 is 5.32 Å². The summed E-state index contributed by atoms with van der Waals surface area (Å²) in [6, 6.07) is 3.53. The molecule has 0 saturated carbocycles. The van der Waals surface area contributed by atoms with Gasteiger partial charge in [-0.2, -0.15) is 0 Å². The van der Waals surface area contributed by atoms with Crippen LogP contribution in [0.3, 0.4) is 0 Å². The zero-order chi connectivity index (χ0) is 12.8. The minimum atomic E-state index is -0.846. The Kier molecular flexibility index (Phi) is 5.16. The highest BCUT2D eigenvalue weighted by Gasteiger charge is 2.13. The molecule has 18 heavy (non-hydrogen) atoms. The lowest BCUT2D eigenvalue weighted by Crippen LogP contribution is -2.24. The van der Waals surface area contributed by atoms with Gasteiger partial charge in [-0.25, -0.2) is 4.79 Å². The number of carboxylic acid groups (broad SMARTS) is 1. The summed E-state index contributed by atoms with van der Waals surface area (Å²) in [7, 11) is 0. The lowest BCUT2D eigenvalue weighted by molar-refractivity contribution is 0.0115. The molecule has 0 radical (unpaired) electrons. The molecular formula is C13H19NO3S. The number of ether oxygens (including phenoxy) is 1. The summed E-state index contributed by atoms with van der Waals surface area (Å²) in [4.78, 5) is 12.2. The molecule has 2 heterocycles. The fourth-order valence-corrected chi connectivity index (χ4v) is 2.91. The van der Waals surface area contributed by atoms with Crippen LogP contribution in [-0.2, 0) is 11.3 Å². The zero-order valence-corrected chi connectivity index (χ0v) is 11.2. The molecule has 2 rings (SSSR count). The molecule has 1 unspecified atom stereocenters. The molecule has 1 aromatic rings. The summed E-state index contributed by atoms with van der Waals surface area (Å²) >= 11 is 1.33. The van der Waals surface area contributed by atoms with Gasteiger partial charge >= 0.3 is 5.97 Å². The molecule has 0 bridgehead atoms. The molecule has 1 aromatic heterocycles. The van der Waals surface area contributed by atoms with Crippen molar-refractivity contribution in [1.82, 2.24) is 5.32 Å². The second kappa shape index (κ2) is 6.87. The molecule has 2 N–H and O–H groups in total. The first-order chi connectivity index (χ1) is 8.75. The van der Waals surface area contributed by atoms with Crippen LogP contribution >= 0.6 is 11.3 Å². The van der Waals surface area contributed by atoms with Crippen molar-refractivity contribution in [2.75, 3.05) is 13.2 Å². The number of thiophene rings is 1. The topological polar surface area (TPSA) is 58.6 Å². The van der Waals surface area contributed by atoms with Gasteiger partial charge in [0.1, 0.15) is 4.88 Å². The van der Waals surface area contributed by atoms with Gasteiger partial charge in [0.25, 0.3) is 0 Å². The highest BCUT2D eigenvalue weighted by atomic mass is 32.1. The average Bonchev–Trinajstić information content (AvgIpc) is 2.85. The molecule has 1 aliphatic rings. The maximum Gasteiger partial charge on any atom is 0.345 e. The van der Waals surface area contributed by atoms with Crippen molar-refractivity contribution in [3.8, 4) is 0 Å². The number of carbonyl (C=O) groups is 1. The molecule has 0 spiro atoms. The maximum absolute atomic E-state index is 10.7. The molecule has 5 heteroatoms. The molecule has 0 aliphatic carbocycles. The third-order valence-corrected chi connectivity index (χ3v) is 4.16. The summed E-state index contributed by atoms with van der Waals surface area (Å²) in [5.74, 6) is -0.846. The molecule has 1 saturated heterocycles. The Morgan fingerprint density at radius 1 is 1.50 bits per heavy atom. The van der Waals surface area contributed by atoms with E-state index in [4.69, 9.17) is 9.84 Å². The van der Waals surface area contributed by atoms with E-state index in [0.717, 1.165) is 31.0 Å². The average molecular weight is 269 g/mol. The highest BCUT2D eigenvalue weighted by Crippen LogP contribution is 2.17. The molecule has 100 valence electrons. The monoisotopic (exact) mass is 269 g/mol. The first-order valence-corrected chi connectivity index (χ1v) is 7.21. The Hall–Kier alpha value is -0.910. The molecule has 4 nitrogen and oxygen atoms in total. The number of rotatable bonds is 6. The second-order valence-electron chi connectivity index (χ2n) is 4.53. The third-order valence-electron chi connectivity index (χ3n) is 3.09. The van der Waals surface area contributed by atoms with Crippen molar-refractivity contribution in [3.63, 3.8) is 0 Å². The van der Waals surface area contributed by atoms with Gasteiger partial charge < -0.3 is 15.2 Å². The maximum atomic E-state index is 10.7. The Morgan fingerprint density at radius 2 is 2.39 bits per heavy atom. The number of carboxylic acids is 1. The van der Waals surface area contributed by atoms with Crippen LogP contribution in [0.2, 0.25) is 0 Å². The van der Waals surface area contributed by atoms with Gasteiger partial charge in [0.05, 0.1) is 6.10 Å². The van der Waals surface area contributed by atoms with E-state index in [-0.39, 0.29) is 0 Å². The fraction of sp³-hybridized carbons (Fsp3) is 0.615. The van der Waals surface area contributed by atoms with E-state index in [1.54, 1.807) is 6.07 Å². The van der Waals surface area contributed by atoms with Crippen molar-refractivity contribution < 1.29 is 14.6 Å². The number of hydrogen-bond acceptors (Lipinski definition) is 4. The Bertz CT molecular complexity index is 385. The smallest absolute Gasteiger partial charge is 0.345 e.